The lowest BCUT2D eigenvalue weighted by atomic mass is 10.1. The van der Waals surface area contributed by atoms with Crippen LogP contribution in [0.5, 0.6) is 0 Å². The molecule has 0 fully saturated rings. The number of nitrogens with one attached hydrogen (secondary N) is 1. The van der Waals surface area contributed by atoms with Gasteiger partial charge in [-0.15, -0.1) is 0 Å². The Morgan fingerprint density at radius 2 is 1.85 bits per heavy atom. The standard InChI is InChI=1S/C27H22N4O3/c1-18-19(2)31(22-11-4-3-5-12-22)27(23(18)16-28)30-24(32)17-34-25(33)14-13-21-9-6-8-20-10-7-15-29-26(20)21/h3-15H,17H2,1-2H3,(H,30,32). The summed E-state index contributed by atoms with van der Waals surface area (Å²) in [5, 5.41) is 13.3. The summed E-state index contributed by atoms with van der Waals surface area (Å²) in [6.07, 6.45) is 4.56. The van der Waals surface area contributed by atoms with Gasteiger partial charge in [0.1, 0.15) is 11.9 Å². The highest BCUT2D eigenvalue weighted by Crippen LogP contribution is 2.29. The molecule has 2 aromatic heterocycles. The summed E-state index contributed by atoms with van der Waals surface area (Å²) in [5.74, 6) is -0.851. The van der Waals surface area contributed by atoms with Gasteiger partial charge in [0.2, 0.25) is 0 Å². The Bertz CT molecular complexity index is 1440. The van der Waals surface area contributed by atoms with Gasteiger partial charge in [0.25, 0.3) is 5.91 Å². The van der Waals surface area contributed by atoms with E-state index in [1.165, 1.54) is 6.08 Å². The molecule has 4 rings (SSSR count). The molecule has 2 aromatic carbocycles. The van der Waals surface area contributed by atoms with Crippen LogP contribution in [0.15, 0.2) is 72.9 Å². The molecular weight excluding hydrogens is 428 g/mol. The average Bonchev–Trinajstić information content (AvgIpc) is 3.10. The van der Waals surface area contributed by atoms with Crippen LogP contribution in [0.4, 0.5) is 5.82 Å². The molecule has 0 atom stereocenters. The molecule has 1 amide bonds. The number of anilines is 1. The number of rotatable bonds is 6. The van der Waals surface area contributed by atoms with Crippen LogP contribution in [0.1, 0.15) is 22.4 Å². The SMILES string of the molecule is Cc1c(C#N)c(NC(=O)COC(=O)C=Cc2cccc3cccnc23)n(-c2ccccc2)c1C. The maximum absolute atomic E-state index is 12.6. The lowest BCUT2D eigenvalue weighted by molar-refractivity contribution is -0.142. The van der Waals surface area contributed by atoms with Crippen molar-refractivity contribution in [1.82, 2.24) is 9.55 Å². The van der Waals surface area contributed by atoms with E-state index in [4.69, 9.17) is 4.74 Å². The molecule has 7 heteroatoms. The first kappa shape index (κ1) is 22.5. The van der Waals surface area contributed by atoms with Gasteiger partial charge in [-0.25, -0.2) is 4.79 Å². The van der Waals surface area contributed by atoms with Crippen LogP contribution >= 0.6 is 0 Å². The molecule has 34 heavy (non-hydrogen) atoms. The number of esters is 1. The van der Waals surface area contributed by atoms with Crippen LogP contribution in [0.2, 0.25) is 0 Å². The number of carbonyl (C=O) groups is 2. The Balaban J connectivity index is 1.46. The molecule has 0 spiro atoms. The molecule has 4 aromatic rings. The fraction of sp³-hybridized carbons (Fsp3) is 0.111. The molecule has 0 aliphatic heterocycles. The first-order valence-electron chi connectivity index (χ1n) is 10.7. The zero-order chi connectivity index (χ0) is 24.1. The third-order valence-electron chi connectivity index (χ3n) is 5.51. The summed E-state index contributed by atoms with van der Waals surface area (Å²) in [6, 6.07) is 21.0. The fourth-order valence-electron chi connectivity index (χ4n) is 3.73. The number of carbonyl (C=O) groups excluding carboxylic acids is 2. The van der Waals surface area contributed by atoms with Gasteiger partial charge in [-0.05, 0) is 43.7 Å². The summed E-state index contributed by atoms with van der Waals surface area (Å²) in [7, 11) is 0. The number of nitrogens with zero attached hydrogens (tertiary/aromatic N) is 3. The third kappa shape index (κ3) is 4.57. The highest BCUT2D eigenvalue weighted by atomic mass is 16.5. The molecular formula is C27H22N4O3. The smallest absolute Gasteiger partial charge is 0.331 e. The number of para-hydroxylation sites is 2. The van der Waals surface area contributed by atoms with E-state index in [0.29, 0.717) is 11.4 Å². The second-order valence-electron chi connectivity index (χ2n) is 7.63. The zero-order valence-electron chi connectivity index (χ0n) is 18.8. The van der Waals surface area contributed by atoms with E-state index in [1.807, 2.05) is 74.5 Å². The molecule has 1 N–H and O–H groups in total. The van der Waals surface area contributed by atoms with Gasteiger partial charge in [0, 0.05) is 34.6 Å². The Morgan fingerprint density at radius 3 is 2.62 bits per heavy atom. The zero-order valence-corrected chi connectivity index (χ0v) is 18.8. The van der Waals surface area contributed by atoms with E-state index in [2.05, 4.69) is 16.4 Å². The number of hydrogen-bond donors (Lipinski definition) is 1. The van der Waals surface area contributed by atoms with Gasteiger partial charge in [-0.1, -0.05) is 42.5 Å². The summed E-state index contributed by atoms with van der Waals surface area (Å²) < 4.78 is 6.92. The van der Waals surface area contributed by atoms with E-state index in [0.717, 1.165) is 33.4 Å². The van der Waals surface area contributed by atoms with Gasteiger partial charge in [-0.2, -0.15) is 5.26 Å². The summed E-state index contributed by atoms with van der Waals surface area (Å²) >= 11 is 0. The van der Waals surface area contributed by atoms with Crippen molar-refractivity contribution in [2.75, 3.05) is 11.9 Å². The van der Waals surface area contributed by atoms with Crippen molar-refractivity contribution in [2.24, 2.45) is 0 Å². The second-order valence-corrected chi connectivity index (χ2v) is 7.63. The monoisotopic (exact) mass is 450 g/mol. The van der Waals surface area contributed by atoms with Gasteiger partial charge in [-0.3, -0.25) is 14.3 Å². The molecule has 0 bridgehead atoms. The largest absolute Gasteiger partial charge is 0.452 e. The third-order valence-corrected chi connectivity index (χ3v) is 5.51. The summed E-state index contributed by atoms with van der Waals surface area (Å²) in [6.45, 7) is 3.22. The van der Waals surface area contributed by atoms with E-state index in [-0.39, 0.29) is 0 Å². The number of aromatic nitrogens is 2. The molecule has 0 aliphatic carbocycles. The predicted molar refractivity (Wildman–Crippen MR) is 130 cm³/mol. The Labute approximate surface area is 196 Å². The molecule has 0 aliphatic rings. The molecule has 0 radical (unpaired) electrons. The molecule has 0 unspecified atom stereocenters. The molecule has 2 heterocycles. The maximum atomic E-state index is 12.6. The number of nitriles is 1. The lowest BCUT2D eigenvalue weighted by Crippen LogP contribution is -2.22. The number of amides is 1. The van der Waals surface area contributed by atoms with Crippen LogP contribution in [-0.4, -0.2) is 28.0 Å². The van der Waals surface area contributed by atoms with Crippen LogP contribution in [0, 0.1) is 25.2 Å². The summed E-state index contributed by atoms with van der Waals surface area (Å²) in [5.41, 5.74) is 4.31. The number of fused-ring (bicyclic) bond motifs is 1. The highest BCUT2D eigenvalue weighted by Gasteiger charge is 2.21. The Hall–Kier alpha value is -4.70. The number of hydrogen-bond acceptors (Lipinski definition) is 5. The first-order chi connectivity index (χ1) is 16.5. The van der Waals surface area contributed by atoms with Crippen LogP contribution in [0.25, 0.3) is 22.7 Å². The minimum atomic E-state index is -0.658. The maximum Gasteiger partial charge on any atom is 0.331 e. The van der Waals surface area contributed by atoms with Crippen molar-refractivity contribution < 1.29 is 14.3 Å². The molecule has 0 saturated carbocycles. The number of pyridine rings is 1. The van der Waals surface area contributed by atoms with Crippen molar-refractivity contribution in [3.63, 3.8) is 0 Å². The van der Waals surface area contributed by atoms with Crippen LogP contribution in [0.3, 0.4) is 0 Å². The van der Waals surface area contributed by atoms with Gasteiger partial charge >= 0.3 is 5.97 Å². The van der Waals surface area contributed by atoms with Crippen molar-refractivity contribution in [3.05, 3.63) is 95.3 Å². The lowest BCUT2D eigenvalue weighted by Gasteiger charge is -2.13. The van der Waals surface area contributed by atoms with Crippen LogP contribution in [-0.2, 0) is 14.3 Å². The highest BCUT2D eigenvalue weighted by molar-refractivity contribution is 5.96. The second kappa shape index (κ2) is 9.84. The summed E-state index contributed by atoms with van der Waals surface area (Å²) in [4.78, 5) is 29.1. The van der Waals surface area contributed by atoms with E-state index < -0.39 is 18.5 Å². The van der Waals surface area contributed by atoms with Crippen molar-refractivity contribution in [3.8, 4) is 11.8 Å². The number of benzene rings is 2. The van der Waals surface area contributed by atoms with E-state index in [1.54, 1.807) is 16.8 Å². The minimum Gasteiger partial charge on any atom is -0.452 e. The Kier molecular flexibility index (Phi) is 6.51. The molecule has 168 valence electrons. The topological polar surface area (TPSA) is 97.0 Å². The van der Waals surface area contributed by atoms with Gasteiger partial charge in [0.15, 0.2) is 6.61 Å². The molecule has 7 nitrogen and oxygen atoms in total. The average molecular weight is 450 g/mol. The molecule has 0 saturated heterocycles. The normalized spacial score (nSPS) is 10.9. The Morgan fingerprint density at radius 1 is 1.09 bits per heavy atom. The van der Waals surface area contributed by atoms with Gasteiger partial charge < -0.3 is 10.1 Å². The number of ether oxygens (including phenoxy) is 1. The van der Waals surface area contributed by atoms with E-state index >= 15 is 0 Å². The quantitative estimate of drug-likeness (QED) is 0.339. The fourth-order valence-corrected chi connectivity index (χ4v) is 3.73. The first-order valence-corrected chi connectivity index (χ1v) is 10.7. The minimum absolute atomic E-state index is 0.349. The van der Waals surface area contributed by atoms with Crippen molar-refractivity contribution >= 4 is 34.7 Å². The van der Waals surface area contributed by atoms with Crippen LogP contribution < -0.4 is 5.32 Å². The van der Waals surface area contributed by atoms with E-state index in [9.17, 15) is 14.9 Å². The van der Waals surface area contributed by atoms with Gasteiger partial charge in [0.05, 0.1) is 11.1 Å². The van der Waals surface area contributed by atoms with Crippen molar-refractivity contribution in [2.45, 2.75) is 13.8 Å². The van der Waals surface area contributed by atoms with Crippen molar-refractivity contribution in [1.29, 1.82) is 5.26 Å². The predicted octanol–water partition coefficient (Wildman–Crippen LogP) is 4.71.